The van der Waals surface area contributed by atoms with Crippen LogP contribution in [-0.2, 0) is 15.1 Å². The lowest BCUT2D eigenvalue weighted by Crippen LogP contribution is -2.42. The largest absolute Gasteiger partial charge is 0.339 e. The van der Waals surface area contributed by atoms with Crippen LogP contribution in [0.5, 0.6) is 0 Å². The quantitative estimate of drug-likeness (QED) is 0.631. The van der Waals surface area contributed by atoms with Gasteiger partial charge in [0, 0.05) is 24.3 Å². The van der Waals surface area contributed by atoms with Crippen molar-refractivity contribution in [2.45, 2.75) is 26.3 Å². The van der Waals surface area contributed by atoms with Crippen LogP contribution in [0.3, 0.4) is 0 Å². The number of nitrogens with zero attached hydrogens (tertiary/aromatic N) is 3. The third kappa shape index (κ3) is 4.70. The summed E-state index contributed by atoms with van der Waals surface area (Å²) in [5.74, 6) is -1.21. The van der Waals surface area contributed by atoms with E-state index in [9.17, 15) is 19.2 Å². The van der Waals surface area contributed by atoms with Crippen LogP contribution in [0, 0.1) is 11.3 Å². The number of carbonyl (C=O) groups is 4. The van der Waals surface area contributed by atoms with Crippen molar-refractivity contribution >= 4 is 29.4 Å². The van der Waals surface area contributed by atoms with E-state index >= 15 is 0 Å². The van der Waals surface area contributed by atoms with Crippen LogP contribution in [0.1, 0.15) is 42.3 Å². The first-order valence-electron chi connectivity index (χ1n) is 10.6. The lowest BCUT2D eigenvalue weighted by Gasteiger charge is -2.22. The zero-order chi connectivity index (χ0) is 24.2. The average Bonchev–Trinajstić information content (AvgIpc) is 3.04. The summed E-state index contributed by atoms with van der Waals surface area (Å²) in [6.45, 7) is 6.09. The zero-order valence-electron chi connectivity index (χ0n) is 18.7. The summed E-state index contributed by atoms with van der Waals surface area (Å²) in [6.07, 6.45) is 0. The molecule has 2 N–H and O–H groups in total. The van der Waals surface area contributed by atoms with Gasteiger partial charge in [0.2, 0.25) is 5.91 Å². The number of nitriles is 1. The minimum absolute atomic E-state index is 0.0979. The van der Waals surface area contributed by atoms with Crippen molar-refractivity contribution < 1.29 is 19.2 Å². The van der Waals surface area contributed by atoms with Crippen molar-refractivity contribution in [1.29, 1.82) is 5.26 Å². The first-order chi connectivity index (χ1) is 15.7. The molecule has 0 aromatic heterocycles. The number of hydrogen-bond donors (Lipinski definition) is 2. The van der Waals surface area contributed by atoms with Crippen LogP contribution in [0.25, 0.3) is 0 Å². The molecule has 0 bridgehead atoms. The molecule has 2 aromatic carbocycles. The van der Waals surface area contributed by atoms with E-state index in [2.05, 4.69) is 10.6 Å². The van der Waals surface area contributed by atoms with Crippen molar-refractivity contribution in [3.63, 3.8) is 0 Å². The second-order valence-corrected chi connectivity index (χ2v) is 7.74. The van der Waals surface area contributed by atoms with E-state index in [0.717, 1.165) is 4.90 Å². The standard InChI is InChI=1S/C24H25N5O4/c1-4-28(5-2)21(31)17-8-12-19(13-9-17)26-20(30)15-29-22(32)24(3,27-23(29)33)18-10-6-16(14-25)7-11-18/h6-13H,4-5,15H2,1-3H3,(H,26,30)(H,27,33). The Balaban J connectivity index is 1.66. The lowest BCUT2D eigenvalue weighted by atomic mass is 9.91. The molecule has 1 unspecified atom stereocenters. The van der Waals surface area contributed by atoms with Gasteiger partial charge in [-0.2, -0.15) is 5.26 Å². The molecular formula is C24H25N5O4. The van der Waals surface area contributed by atoms with Crippen LogP contribution in [0.2, 0.25) is 0 Å². The number of anilines is 1. The van der Waals surface area contributed by atoms with Gasteiger partial charge >= 0.3 is 6.03 Å². The second-order valence-electron chi connectivity index (χ2n) is 7.74. The van der Waals surface area contributed by atoms with Gasteiger partial charge in [-0.05, 0) is 62.7 Å². The molecule has 33 heavy (non-hydrogen) atoms. The predicted octanol–water partition coefficient (Wildman–Crippen LogP) is 2.45. The van der Waals surface area contributed by atoms with Gasteiger partial charge in [-0.15, -0.1) is 0 Å². The molecule has 0 aliphatic carbocycles. The number of hydrogen-bond acceptors (Lipinski definition) is 5. The first kappa shape index (κ1) is 23.5. The topological polar surface area (TPSA) is 123 Å². The highest BCUT2D eigenvalue weighted by Crippen LogP contribution is 2.29. The fraction of sp³-hybridized carbons (Fsp3) is 0.292. The number of rotatable bonds is 7. The molecule has 3 rings (SSSR count). The average molecular weight is 447 g/mol. The van der Waals surface area contributed by atoms with Crippen LogP contribution < -0.4 is 10.6 Å². The maximum atomic E-state index is 13.0. The van der Waals surface area contributed by atoms with E-state index in [1.165, 1.54) is 0 Å². The molecule has 9 nitrogen and oxygen atoms in total. The van der Waals surface area contributed by atoms with E-state index in [0.29, 0.717) is 35.5 Å². The van der Waals surface area contributed by atoms with Crippen LogP contribution in [-0.4, -0.2) is 53.2 Å². The molecule has 1 aliphatic heterocycles. The molecule has 1 aliphatic rings. The number of benzene rings is 2. The van der Waals surface area contributed by atoms with Gasteiger partial charge in [0.05, 0.1) is 11.6 Å². The van der Waals surface area contributed by atoms with Crippen LogP contribution in [0.4, 0.5) is 10.5 Å². The minimum Gasteiger partial charge on any atom is -0.339 e. The summed E-state index contributed by atoms with van der Waals surface area (Å²) in [6, 6.07) is 14.1. The minimum atomic E-state index is -1.34. The Hall–Kier alpha value is -4.19. The molecule has 5 amide bonds. The zero-order valence-corrected chi connectivity index (χ0v) is 18.7. The van der Waals surface area contributed by atoms with Gasteiger partial charge < -0.3 is 15.5 Å². The third-order valence-corrected chi connectivity index (χ3v) is 5.63. The molecule has 1 heterocycles. The second kappa shape index (κ2) is 9.53. The number of urea groups is 1. The maximum absolute atomic E-state index is 13.0. The monoisotopic (exact) mass is 447 g/mol. The van der Waals surface area contributed by atoms with E-state index in [1.807, 2.05) is 19.9 Å². The third-order valence-electron chi connectivity index (χ3n) is 5.63. The summed E-state index contributed by atoms with van der Waals surface area (Å²) in [4.78, 5) is 52.9. The smallest absolute Gasteiger partial charge is 0.325 e. The Labute approximate surface area is 192 Å². The molecule has 1 saturated heterocycles. The summed E-state index contributed by atoms with van der Waals surface area (Å²) < 4.78 is 0. The predicted molar refractivity (Wildman–Crippen MR) is 121 cm³/mol. The highest BCUT2D eigenvalue weighted by molar-refractivity contribution is 6.10. The lowest BCUT2D eigenvalue weighted by molar-refractivity contribution is -0.133. The number of amides is 5. The van der Waals surface area contributed by atoms with Gasteiger partial charge in [0.25, 0.3) is 11.8 Å². The van der Waals surface area contributed by atoms with Crippen molar-refractivity contribution in [3.05, 3.63) is 65.2 Å². The molecule has 1 fully saturated rings. The molecule has 0 radical (unpaired) electrons. The Morgan fingerprint density at radius 3 is 2.21 bits per heavy atom. The Kier molecular flexibility index (Phi) is 6.78. The Bertz CT molecular complexity index is 1120. The van der Waals surface area contributed by atoms with E-state index in [1.54, 1.807) is 60.4 Å². The van der Waals surface area contributed by atoms with Gasteiger partial charge in [-0.1, -0.05) is 12.1 Å². The molecule has 2 aromatic rings. The number of carbonyl (C=O) groups excluding carboxylic acids is 4. The van der Waals surface area contributed by atoms with Gasteiger partial charge in [0.15, 0.2) is 0 Å². The first-order valence-corrected chi connectivity index (χ1v) is 10.6. The fourth-order valence-corrected chi connectivity index (χ4v) is 3.65. The van der Waals surface area contributed by atoms with Gasteiger partial charge in [-0.25, -0.2) is 4.79 Å². The summed E-state index contributed by atoms with van der Waals surface area (Å²) in [5.41, 5.74) is 0.552. The van der Waals surface area contributed by atoms with E-state index in [-0.39, 0.29) is 5.91 Å². The van der Waals surface area contributed by atoms with Crippen molar-refractivity contribution in [2.24, 2.45) is 0 Å². The van der Waals surface area contributed by atoms with Crippen molar-refractivity contribution in [3.8, 4) is 6.07 Å². The molecular weight excluding hydrogens is 422 g/mol. The highest BCUT2D eigenvalue weighted by Gasteiger charge is 2.49. The molecule has 1 atom stereocenters. The molecule has 0 spiro atoms. The summed E-state index contributed by atoms with van der Waals surface area (Å²) >= 11 is 0. The van der Waals surface area contributed by atoms with E-state index in [4.69, 9.17) is 5.26 Å². The number of nitrogens with one attached hydrogen (secondary N) is 2. The molecule has 0 saturated carbocycles. The maximum Gasteiger partial charge on any atom is 0.325 e. The molecule has 170 valence electrons. The molecule has 9 heteroatoms. The normalized spacial score (nSPS) is 17.3. The fourth-order valence-electron chi connectivity index (χ4n) is 3.65. The SMILES string of the molecule is CCN(CC)C(=O)c1ccc(NC(=O)CN2C(=O)NC(C)(c3ccc(C#N)cc3)C2=O)cc1. The van der Waals surface area contributed by atoms with Crippen molar-refractivity contribution in [1.82, 2.24) is 15.1 Å². The highest BCUT2D eigenvalue weighted by atomic mass is 16.2. The number of imide groups is 1. The van der Waals surface area contributed by atoms with Gasteiger partial charge in [-0.3, -0.25) is 19.3 Å². The van der Waals surface area contributed by atoms with Crippen LogP contribution >= 0.6 is 0 Å². The summed E-state index contributed by atoms with van der Waals surface area (Å²) in [5, 5.41) is 14.2. The Morgan fingerprint density at radius 2 is 1.67 bits per heavy atom. The van der Waals surface area contributed by atoms with E-state index < -0.39 is 29.9 Å². The Morgan fingerprint density at radius 1 is 1.06 bits per heavy atom. The summed E-state index contributed by atoms with van der Waals surface area (Å²) in [7, 11) is 0. The van der Waals surface area contributed by atoms with Gasteiger partial charge in [0.1, 0.15) is 12.1 Å². The van der Waals surface area contributed by atoms with Crippen LogP contribution in [0.15, 0.2) is 48.5 Å². The van der Waals surface area contributed by atoms with Crippen molar-refractivity contribution in [2.75, 3.05) is 25.0 Å².